The van der Waals surface area contributed by atoms with Crippen molar-refractivity contribution in [2.75, 3.05) is 5.32 Å². The van der Waals surface area contributed by atoms with Crippen LogP contribution < -0.4 is 5.32 Å². The minimum absolute atomic E-state index is 0.0649. The zero-order valence-electron chi connectivity index (χ0n) is 12.6. The van der Waals surface area contributed by atoms with Crippen LogP contribution in [0.1, 0.15) is 6.42 Å². The molecule has 122 valence electrons. The highest BCUT2D eigenvalue weighted by molar-refractivity contribution is 9.10. The van der Waals surface area contributed by atoms with E-state index >= 15 is 0 Å². The van der Waals surface area contributed by atoms with Crippen LogP contribution >= 0.6 is 15.9 Å². The van der Waals surface area contributed by atoms with Gasteiger partial charge in [0.05, 0.1) is 10.6 Å². The van der Waals surface area contributed by atoms with E-state index in [2.05, 4.69) is 21.2 Å². The number of carbonyl (C=O) groups excluding carboxylic acids is 1. The van der Waals surface area contributed by atoms with E-state index < -0.39 is 4.92 Å². The number of nitro groups is 1. The number of para-hydroxylation sites is 1. The van der Waals surface area contributed by atoms with Crippen molar-refractivity contribution in [2.24, 2.45) is 0 Å². The van der Waals surface area contributed by atoms with Gasteiger partial charge in [-0.15, -0.1) is 0 Å². The van der Waals surface area contributed by atoms with Crippen molar-refractivity contribution in [3.8, 4) is 0 Å². The minimum Gasteiger partial charge on any atom is -0.347 e. The number of hydrogen-bond acceptors (Lipinski definition) is 3. The van der Waals surface area contributed by atoms with Crippen LogP contribution in [0.5, 0.6) is 0 Å². The highest BCUT2D eigenvalue weighted by Crippen LogP contribution is 2.27. The summed E-state index contributed by atoms with van der Waals surface area (Å²) in [5.74, 6) is -0.200. The first-order valence-electron chi connectivity index (χ1n) is 7.32. The molecule has 1 aromatic heterocycles. The summed E-state index contributed by atoms with van der Waals surface area (Å²) in [5.41, 5.74) is 1.40. The standard InChI is InChI=1S/C17H14BrN3O3/c18-14-6-5-13(21(23)24)11-15(14)19-17(22)8-10-20-9-7-12-3-1-2-4-16(12)20/h1-7,9,11H,8,10H2,(H,19,22). The lowest BCUT2D eigenvalue weighted by atomic mass is 10.2. The first-order chi connectivity index (χ1) is 11.5. The van der Waals surface area contributed by atoms with Crippen LogP contribution in [0.2, 0.25) is 0 Å². The van der Waals surface area contributed by atoms with Gasteiger partial charge in [0.25, 0.3) is 5.69 Å². The Kier molecular flexibility index (Phi) is 4.61. The second-order valence-electron chi connectivity index (χ2n) is 5.29. The van der Waals surface area contributed by atoms with Crippen LogP contribution in [0.15, 0.2) is 59.2 Å². The third kappa shape index (κ3) is 3.46. The third-order valence-corrected chi connectivity index (χ3v) is 4.39. The molecule has 3 aromatic rings. The van der Waals surface area contributed by atoms with E-state index in [0.717, 1.165) is 10.9 Å². The summed E-state index contributed by atoms with van der Waals surface area (Å²) in [4.78, 5) is 22.5. The number of amides is 1. The number of hydrogen-bond donors (Lipinski definition) is 1. The quantitative estimate of drug-likeness (QED) is 0.522. The van der Waals surface area contributed by atoms with Gasteiger partial charge in [0.2, 0.25) is 5.91 Å². The zero-order valence-corrected chi connectivity index (χ0v) is 14.2. The smallest absolute Gasteiger partial charge is 0.271 e. The molecule has 0 bridgehead atoms. The van der Waals surface area contributed by atoms with Crippen molar-refractivity contribution < 1.29 is 9.72 Å². The normalized spacial score (nSPS) is 10.7. The van der Waals surface area contributed by atoms with Gasteiger partial charge in [-0.1, -0.05) is 18.2 Å². The minimum atomic E-state index is -0.492. The van der Waals surface area contributed by atoms with Crippen molar-refractivity contribution in [1.29, 1.82) is 0 Å². The first-order valence-corrected chi connectivity index (χ1v) is 8.11. The number of carbonyl (C=O) groups is 1. The summed E-state index contributed by atoms with van der Waals surface area (Å²) in [6.07, 6.45) is 2.22. The SMILES string of the molecule is O=C(CCn1ccc2ccccc21)Nc1cc([N+](=O)[O-])ccc1Br. The van der Waals surface area contributed by atoms with Gasteiger partial charge in [-0.3, -0.25) is 14.9 Å². The molecule has 0 atom stereocenters. The molecule has 0 saturated heterocycles. The first kappa shape index (κ1) is 16.2. The maximum atomic E-state index is 12.2. The summed E-state index contributed by atoms with van der Waals surface area (Å²) in [7, 11) is 0. The van der Waals surface area contributed by atoms with E-state index in [4.69, 9.17) is 0 Å². The van der Waals surface area contributed by atoms with Gasteiger partial charge in [0, 0.05) is 41.3 Å². The number of halogens is 1. The van der Waals surface area contributed by atoms with Crippen molar-refractivity contribution in [1.82, 2.24) is 4.57 Å². The summed E-state index contributed by atoms with van der Waals surface area (Å²) < 4.78 is 2.62. The van der Waals surface area contributed by atoms with Crippen LogP contribution in [0.4, 0.5) is 11.4 Å². The van der Waals surface area contributed by atoms with Crippen LogP contribution in [0.25, 0.3) is 10.9 Å². The molecule has 0 unspecified atom stereocenters. The number of non-ortho nitro benzene ring substituents is 1. The number of rotatable bonds is 5. The fourth-order valence-electron chi connectivity index (χ4n) is 2.49. The Morgan fingerprint density at radius 1 is 1.21 bits per heavy atom. The Hall–Kier alpha value is -2.67. The molecule has 1 heterocycles. The molecular weight excluding hydrogens is 374 g/mol. The molecule has 0 aliphatic carbocycles. The molecule has 0 aliphatic rings. The third-order valence-electron chi connectivity index (χ3n) is 3.69. The van der Waals surface area contributed by atoms with Gasteiger partial charge in [0.15, 0.2) is 0 Å². The topological polar surface area (TPSA) is 77.2 Å². The van der Waals surface area contributed by atoms with Crippen molar-refractivity contribution >= 4 is 44.1 Å². The second-order valence-corrected chi connectivity index (χ2v) is 6.14. The Bertz CT molecular complexity index is 920. The van der Waals surface area contributed by atoms with Crippen LogP contribution in [0.3, 0.4) is 0 Å². The fourth-order valence-corrected chi connectivity index (χ4v) is 2.84. The zero-order chi connectivity index (χ0) is 17.1. The van der Waals surface area contributed by atoms with Gasteiger partial charge in [-0.05, 0) is 39.5 Å². The maximum Gasteiger partial charge on any atom is 0.271 e. The fraction of sp³-hybridized carbons (Fsp3) is 0.118. The Balaban J connectivity index is 1.68. The maximum absolute atomic E-state index is 12.2. The average molecular weight is 388 g/mol. The lowest BCUT2D eigenvalue weighted by molar-refractivity contribution is -0.384. The molecule has 0 fully saturated rings. The number of aryl methyl sites for hydroxylation is 1. The predicted octanol–water partition coefficient (Wildman–Crippen LogP) is 4.34. The van der Waals surface area contributed by atoms with E-state index in [1.807, 2.05) is 41.1 Å². The molecule has 1 amide bonds. The molecule has 1 N–H and O–H groups in total. The van der Waals surface area contributed by atoms with Gasteiger partial charge < -0.3 is 9.88 Å². The summed E-state index contributed by atoms with van der Waals surface area (Å²) in [6.45, 7) is 0.534. The van der Waals surface area contributed by atoms with Gasteiger partial charge in [0.1, 0.15) is 0 Å². The summed E-state index contributed by atoms with van der Waals surface area (Å²) in [6, 6.07) is 14.2. The molecule has 2 aromatic carbocycles. The van der Waals surface area contributed by atoms with Crippen LogP contribution in [-0.2, 0) is 11.3 Å². The number of nitro benzene ring substituents is 1. The molecule has 0 aliphatic heterocycles. The summed E-state index contributed by atoms with van der Waals surface area (Å²) in [5, 5.41) is 14.7. The average Bonchev–Trinajstić information content (AvgIpc) is 2.98. The number of nitrogens with zero attached hydrogens (tertiary/aromatic N) is 2. The van der Waals surface area contributed by atoms with E-state index in [9.17, 15) is 14.9 Å². The van der Waals surface area contributed by atoms with E-state index in [0.29, 0.717) is 16.7 Å². The largest absolute Gasteiger partial charge is 0.347 e. The predicted molar refractivity (Wildman–Crippen MR) is 96.0 cm³/mol. The highest BCUT2D eigenvalue weighted by atomic mass is 79.9. The molecule has 24 heavy (non-hydrogen) atoms. The molecule has 0 saturated carbocycles. The Morgan fingerprint density at radius 3 is 2.79 bits per heavy atom. The molecule has 7 heteroatoms. The number of benzene rings is 2. The molecule has 0 spiro atoms. The number of aromatic nitrogens is 1. The van der Waals surface area contributed by atoms with Gasteiger partial charge in [-0.2, -0.15) is 0 Å². The highest BCUT2D eigenvalue weighted by Gasteiger charge is 2.12. The van der Waals surface area contributed by atoms with Crippen LogP contribution in [-0.4, -0.2) is 15.4 Å². The van der Waals surface area contributed by atoms with Crippen LogP contribution in [0, 0.1) is 10.1 Å². The van der Waals surface area contributed by atoms with Gasteiger partial charge in [-0.25, -0.2) is 0 Å². The summed E-state index contributed by atoms with van der Waals surface area (Å²) >= 11 is 3.29. The molecule has 6 nitrogen and oxygen atoms in total. The molecular formula is C17H14BrN3O3. The molecule has 3 rings (SSSR count). The monoisotopic (exact) mass is 387 g/mol. The lowest BCUT2D eigenvalue weighted by Gasteiger charge is -2.08. The van der Waals surface area contributed by atoms with E-state index in [1.165, 1.54) is 12.1 Å². The number of nitrogens with one attached hydrogen (secondary N) is 1. The Morgan fingerprint density at radius 2 is 2.00 bits per heavy atom. The van der Waals surface area contributed by atoms with E-state index in [1.54, 1.807) is 6.07 Å². The lowest BCUT2D eigenvalue weighted by Crippen LogP contribution is -2.14. The van der Waals surface area contributed by atoms with Crippen molar-refractivity contribution in [3.05, 3.63) is 69.3 Å². The van der Waals surface area contributed by atoms with Crippen molar-refractivity contribution in [2.45, 2.75) is 13.0 Å². The Labute approximate surface area is 146 Å². The number of anilines is 1. The number of fused-ring (bicyclic) bond motifs is 1. The molecule has 0 radical (unpaired) electrons. The second kappa shape index (κ2) is 6.84. The van der Waals surface area contributed by atoms with Crippen molar-refractivity contribution in [3.63, 3.8) is 0 Å². The van der Waals surface area contributed by atoms with E-state index in [-0.39, 0.29) is 18.0 Å². The van der Waals surface area contributed by atoms with Gasteiger partial charge >= 0.3 is 0 Å².